The Morgan fingerprint density at radius 2 is 1.68 bits per heavy atom. The first-order valence-corrected chi connectivity index (χ1v) is 7.28. The van der Waals surface area contributed by atoms with Crippen LogP contribution in [0.5, 0.6) is 0 Å². The number of rotatable bonds is 5. The number of amides is 1. The minimum absolute atomic E-state index is 0.162. The summed E-state index contributed by atoms with van der Waals surface area (Å²) in [6.45, 7) is 0. The van der Waals surface area contributed by atoms with Gasteiger partial charge in [-0.05, 0) is 42.0 Å². The minimum Gasteiger partial charge on any atom is -0.480 e. The molecule has 2 rings (SSSR count). The number of carboxylic acid groups (broad SMARTS) is 1. The number of hydrogen-bond donors (Lipinski definition) is 2. The molecule has 0 unspecified atom stereocenters. The Hall–Kier alpha value is -2.21. The van der Waals surface area contributed by atoms with Gasteiger partial charge in [0, 0.05) is 16.5 Å². The lowest BCUT2D eigenvalue weighted by Crippen LogP contribution is -2.42. The molecule has 114 valence electrons. The first kappa shape index (κ1) is 16.2. The van der Waals surface area contributed by atoms with Crippen molar-refractivity contribution in [2.75, 3.05) is 0 Å². The van der Waals surface area contributed by atoms with Gasteiger partial charge < -0.3 is 10.4 Å². The highest BCUT2D eigenvalue weighted by atomic mass is 79.9. The van der Waals surface area contributed by atoms with Crippen molar-refractivity contribution in [2.24, 2.45) is 0 Å². The summed E-state index contributed by atoms with van der Waals surface area (Å²) >= 11 is 3.30. The van der Waals surface area contributed by atoms with Crippen LogP contribution < -0.4 is 5.32 Å². The zero-order chi connectivity index (χ0) is 16.1. The van der Waals surface area contributed by atoms with Crippen molar-refractivity contribution in [1.29, 1.82) is 0 Å². The van der Waals surface area contributed by atoms with Gasteiger partial charge in [-0.2, -0.15) is 0 Å². The van der Waals surface area contributed by atoms with Crippen molar-refractivity contribution in [3.05, 3.63) is 69.9 Å². The molecule has 0 spiro atoms. The van der Waals surface area contributed by atoms with E-state index in [1.165, 1.54) is 12.1 Å². The normalized spacial score (nSPS) is 11.7. The topological polar surface area (TPSA) is 66.4 Å². The SMILES string of the molecule is O=C(N[C@@H](Cc1ccc(Br)cc1)C(=O)O)c1ccc(F)cc1. The van der Waals surface area contributed by atoms with Crippen LogP contribution in [0.2, 0.25) is 0 Å². The van der Waals surface area contributed by atoms with Gasteiger partial charge in [-0.1, -0.05) is 28.1 Å². The number of benzene rings is 2. The summed E-state index contributed by atoms with van der Waals surface area (Å²) in [5.41, 5.74) is 0.999. The number of carboxylic acids is 1. The second-order valence-corrected chi connectivity index (χ2v) is 5.62. The van der Waals surface area contributed by atoms with Crippen LogP contribution in [0.3, 0.4) is 0 Å². The fourth-order valence-electron chi connectivity index (χ4n) is 1.90. The summed E-state index contributed by atoms with van der Waals surface area (Å²) in [6.07, 6.45) is 0.162. The number of carbonyl (C=O) groups is 2. The molecule has 1 atom stereocenters. The zero-order valence-electron chi connectivity index (χ0n) is 11.4. The van der Waals surface area contributed by atoms with Crippen molar-refractivity contribution in [2.45, 2.75) is 12.5 Å². The predicted molar refractivity (Wildman–Crippen MR) is 83.1 cm³/mol. The van der Waals surface area contributed by atoms with E-state index in [0.29, 0.717) is 0 Å². The van der Waals surface area contributed by atoms with Crippen LogP contribution in [-0.4, -0.2) is 23.0 Å². The largest absolute Gasteiger partial charge is 0.480 e. The van der Waals surface area contributed by atoms with Gasteiger partial charge in [0.25, 0.3) is 5.91 Å². The molecule has 0 bridgehead atoms. The van der Waals surface area contributed by atoms with Crippen LogP contribution in [0, 0.1) is 5.82 Å². The van der Waals surface area contributed by atoms with Crippen LogP contribution in [0.4, 0.5) is 4.39 Å². The number of carbonyl (C=O) groups excluding carboxylic acids is 1. The molecule has 0 radical (unpaired) electrons. The molecule has 2 aromatic rings. The predicted octanol–water partition coefficient (Wildman–Crippen LogP) is 3.01. The monoisotopic (exact) mass is 365 g/mol. The Kier molecular flexibility index (Phi) is 5.27. The molecule has 4 nitrogen and oxygen atoms in total. The summed E-state index contributed by atoms with van der Waals surface area (Å²) in [4.78, 5) is 23.3. The maximum absolute atomic E-state index is 12.8. The molecule has 6 heteroatoms. The van der Waals surface area contributed by atoms with Crippen LogP contribution in [-0.2, 0) is 11.2 Å². The lowest BCUT2D eigenvalue weighted by molar-refractivity contribution is -0.139. The summed E-state index contributed by atoms with van der Waals surface area (Å²) in [5, 5.41) is 11.7. The highest BCUT2D eigenvalue weighted by Gasteiger charge is 2.21. The van der Waals surface area contributed by atoms with Gasteiger partial charge in [-0.25, -0.2) is 9.18 Å². The van der Waals surface area contributed by atoms with Gasteiger partial charge in [0.05, 0.1) is 0 Å². The van der Waals surface area contributed by atoms with Gasteiger partial charge in [-0.3, -0.25) is 4.79 Å². The van der Waals surface area contributed by atoms with E-state index in [-0.39, 0.29) is 12.0 Å². The van der Waals surface area contributed by atoms with Gasteiger partial charge in [0.2, 0.25) is 0 Å². The first-order chi connectivity index (χ1) is 10.5. The van der Waals surface area contributed by atoms with Gasteiger partial charge in [0.1, 0.15) is 11.9 Å². The molecular weight excluding hydrogens is 353 g/mol. The number of aliphatic carboxylic acids is 1. The highest BCUT2D eigenvalue weighted by Crippen LogP contribution is 2.12. The average molecular weight is 366 g/mol. The molecule has 0 aliphatic carbocycles. The molecule has 0 aromatic heterocycles. The lowest BCUT2D eigenvalue weighted by atomic mass is 10.1. The summed E-state index contributed by atoms with van der Waals surface area (Å²) in [6, 6.07) is 11.0. The zero-order valence-corrected chi connectivity index (χ0v) is 13.0. The highest BCUT2D eigenvalue weighted by molar-refractivity contribution is 9.10. The Bertz CT molecular complexity index is 671. The molecule has 2 aromatic carbocycles. The lowest BCUT2D eigenvalue weighted by Gasteiger charge is -2.14. The van der Waals surface area contributed by atoms with Gasteiger partial charge in [-0.15, -0.1) is 0 Å². The van der Waals surface area contributed by atoms with E-state index in [9.17, 15) is 19.1 Å². The van der Waals surface area contributed by atoms with E-state index in [0.717, 1.165) is 22.2 Å². The number of halogens is 2. The maximum Gasteiger partial charge on any atom is 0.326 e. The molecule has 0 aliphatic heterocycles. The second-order valence-electron chi connectivity index (χ2n) is 4.70. The Balaban J connectivity index is 2.08. The van der Waals surface area contributed by atoms with Crippen LogP contribution in [0.1, 0.15) is 15.9 Å². The standard InChI is InChI=1S/C16H13BrFNO3/c17-12-5-1-10(2-6-12)9-14(16(21)22)19-15(20)11-3-7-13(18)8-4-11/h1-8,14H,9H2,(H,19,20)(H,21,22)/t14-/m0/s1. The van der Waals surface area contributed by atoms with Crippen molar-refractivity contribution >= 4 is 27.8 Å². The summed E-state index contributed by atoms with van der Waals surface area (Å²) in [7, 11) is 0. The van der Waals surface area contributed by atoms with Gasteiger partial charge >= 0.3 is 5.97 Å². The quantitative estimate of drug-likeness (QED) is 0.855. The van der Waals surface area contributed by atoms with E-state index in [4.69, 9.17) is 0 Å². The van der Waals surface area contributed by atoms with Crippen molar-refractivity contribution in [1.82, 2.24) is 5.32 Å². The van der Waals surface area contributed by atoms with Crippen LogP contribution in [0.15, 0.2) is 53.0 Å². The molecule has 0 saturated heterocycles. The smallest absolute Gasteiger partial charge is 0.326 e. The average Bonchev–Trinajstić information content (AvgIpc) is 2.49. The van der Waals surface area contributed by atoms with E-state index in [2.05, 4.69) is 21.2 Å². The molecule has 0 saturated carbocycles. The molecule has 1 amide bonds. The van der Waals surface area contributed by atoms with E-state index < -0.39 is 23.7 Å². The van der Waals surface area contributed by atoms with Crippen molar-refractivity contribution in [3.8, 4) is 0 Å². The molecule has 0 heterocycles. The molecule has 0 aliphatic rings. The fourth-order valence-corrected chi connectivity index (χ4v) is 2.16. The Morgan fingerprint density at radius 1 is 1.09 bits per heavy atom. The van der Waals surface area contributed by atoms with E-state index >= 15 is 0 Å². The second kappa shape index (κ2) is 7.17. The minimum atomic E-state index is -1.13. The molecule has 22 heavy (non-hydrogen) atoms. The third kappa shape index (κ3) is 4.39. The molecule has 2 N–H and O–H groups in total. The van der Waals surface area contributed by atoms with Crippen LogP contribution >= 0.6 is 15.9 Å². The Labute approximate surface area is 135 Å². The Morgan fingerprint density at radius 3 is 2.23 bits per heavy atom. The molecular formula is C16H13BrFNO3. The third-order valence-corrected chi connectivity index (χ3v) is 3.59. The summed E-state index contributed by atoms with van der Waals surface area (Å²) in [5.74, 6) is -2.14. The maximum atomic E-state index is 12.8. The third-order valence-electron chi connectivity index (χ3n) is 3.06. The fraction of sp³-hybridized carbons (Fsp3) is 0.125. The first-order valence-electron chi connectivity index (χ1n) is 6.49. The van der Waals surface area contributed by atoms with Crippen LogP contribution in [0.25, 0.3) is 0 Å². The van der Waals surface area contributed by atoms with Crippen molar-refractivity contribution < 1.29 is 19.1 Å². The summed E-state index contributed by atoms with van der Waals surface area (Å²) < 4.78 is 13.7. The van der Waals surface area contributed by atoms with E-state index in [1.807, 2.05) is 0 Å². The van der Waals surface area contributed by atoms with E-state index in [1.54, 1.807) is 24.3 Å². The molecule has 0 fully saturated rings. The van der Waals surface area contributed by atoms with Crippen molar-refractivity contribution in [3.63, 3.8) is 0 Å². The van der Waals surface area contributed by atoms with Gasteiger partial charge in [0.15, 0.2) is 0 Å². The number of nitrogens with one attached hydrogen (secondary N) is 1. The number of hydrogen-bond acceptors (Lipinski definition) is 2.